The Bertz CT molecular complexity index is 159. The number of nitrogens with zero attached hydrogens (tertiary/aromatic N) is 1. The molecule has 2 N–H and O–H groups in total. The van der Waals surface area contributed by atoms with Crippen LogP contribution >= 0.6 is 0 Å². The Hall–Kier alpha value is 0.0969. The fourth-order valence-electron chi connectivity index (χ4n) is 1.43. The topological polar surface area (TPSA) is 38.5 Å². The maximum Gasteiger partial charge on any atom is 0.119 e. The van der Waals surface area contributed by atoms with Gasteiger partial charge in [0.2, 0.25) is 0 Å². The summed E-state index contributed by atoms with van der Waals surface area (Å²) in [6.45, 7) is 14.9. The summed E-state index contributed by atoms with van der Waals surface area (Å²) in [5.74, 6) is 0. The van der Waals surface area contributed by atoms with E-state index in [4.69, 9.17) is 10.5 Å². The van der Waals surface area contributed by atoms with Crippen molar-refractivity contribution in [3.8, 4) is 0 Å². The van der Waals surface area contributed by atoms with E-state index in [1.807, 2.05) is 6.92 Å². The van der Waals surface area contributed by atoms with Crippen LogP contribution in [0.1, 0.15) is 20.3 Å². The summed E-state index contributed by atoms with van der Waals surface area (Å²) in [6, 6.07) is 0.304. The van der Waals surface area contributed by atoms with Crippen molar-refractivity contribution >= 4 is 8.24 Å². The van der Waals surface area contributed by atoms with Crippen molar-refractivity contribution in [2.45, 2.75) is 46.0 Å². The third-order valence-electron chi connectivity index (χ3n) is 2.64. The van der Waals surface area contributed by atoms with Gasteiger partial charge in [-0.15, -0.1) is 0 Å². The predicted molar refractivity (Wildman–Crippen MR) is 69.7 cm³/mol. The molecule has 0 spiro atoms. The van der Waals surface area contributed by atoms with Crippen LogP contribution in [0.5, 0.6) is 0 Å². The Morgan fingerprint density at radius 1 is 1.27 bits per heavy atom. The molecule has 0 amide bonds. The van der Waals surface area contributed by atoms with Crippen LogP contribution < -0.4 is 5.73 Å². The van der Waals surface area contributed by atoms with Crippen molar-refractivity contribution < 1.29 is 4.74 Å². The van der Waals surface area contributed by atoms with Crippen LogP contribution in [0.3, 0.4) is 0 Å². The molecule has 4 heteroatoms. The van der Waals surface area contributed by atoms with Crippen molar-refractivity contribution in [3.63, 3.8) is 0 Å². The van der Waals surface area contributed by atoms with Gasteiger partial charge in [0.05, 0.1) is 6.61 Å². The summed E-state index contributed by atoms with van der Waals surface area (Å²) in [7, 11) is -1.24. The van der Waals surface area contributed by atoms with E-state index >= 15 is 0 Å². The van der Waals surface area contributed by atoms with Crippen molar-refractivity contribution in [1.29, 1.82) is 0 Å². The van der Waals surface area contributed by atoms with Gasteiger partial charge in [0.25, 0.3) is 0 Å². The molecule has 0 aromatic heterocycles. The summed E-state index contributed by atoms with van der Waals surface area (Å²) in [4.78, 5) is 0. The number of rotatable bonds is 8. The average molecular weight is 232 g/mol. The van der Waals surface area contributed by atoms with E-state index in [0.717, 1.165) is 32.7 Å². The van der Waals surface area contributed by atoms with Gasteiger partial charge >= 0.3 is 0 Å². The van der Waals surface area contributed by atoms with Gasteiger partial charge in [-0.3, -0.25) is 0 Å². The van der Waals surface area contributed by atoms with E-state index in [1.54, 1.807) is 0 Å². The zero-order valence-electron chi connectivity index (χ0n) is 11.0. The van der Waals surface area contributed by atoms with E-state index in [0.29, 0.717) is 6.04 Å². The molecule has 0 bridgehead atoms. The largest absolute Gasteiger partial charge is 0.380 e. The molecule has 15 heavy (non-hydrogen) atoms. The molecule has 0 aliphatic rings. The molecule has 0 saturated carbocycles. The van der Waals surface area contributed by atoms with Crippen LogP contribution in [0, 0.1) is 0 Å². The van der Waals surface area contributed by atoms with Crippen LogP contribution in [0.2, 0.25) is 19.6 Å². The minimum Gasteiger partial charge on any atom is -0.380 e. The summed E-state index contributed by atoms with van der Waals surface area (Å²) < 4.78 is 7.95. The lowest BCUT2D eigenvalue weighted by atomic mass is 10.2. The summed E-state index contributed by atoms with van der Waals surface area (Å²) in [6.07, 6.45) is 1.05. The second kappa shape index (κ2) is 7.38. The molecule has 0 radical (unpaired) electrons. The van der Waals surface area contributed by atoms with E-state index in [-0.39, 0.29) is 0 Å². The quantitative estimate of drug-likeness (QED) is 0.513. The fraction of sp³-hybridized carbons (Fsp3) is 1.00. The highest BCUT2D eigenvalue weighted by Crippen LogP contribution is 2.10. The summed E-state index contributed by atoms with van der Waals surface area (Å²) >= 11 is 0. The van der Waals surface area contributed by atoms with Gasteiger partial charge < -0.3 is 15.0 Å². The number of hydrogen-bond acceptors (Lipinski definition) is 3. The fourth-order valence-corrected chi connectivity index (χ4v) is 2.98. The van der Waals surface area contributed by atoms with Crippen molar-refractivity contribution in [2.75, 3.05) is 26.3 Å². The first-order chi connectivity index (χ1) is 6.91. The Kier molecular flexibility index (Phi) is 7.43. The lowest BCUT2D eigenvalue weighted by molar-refractivity contribution is 0.131. The highest BCUT2D eigenvalue weighted by molar-refractivity contribution is 6.73. The van der Waals surface area contributed by atoms with Gasteiger partial charge in [0, 0.05) is 25.7 Å². The van der Waals surface area contributed by atoms with Crippen LogP contribution in [0.25, 0.3) is 0 Å². The lowest BCUT2D eigenvalue weighted by Crippen LogP contribution is -2.52. The van der Waals surface area contributed by atoms with Gasteiger partial charge in [-0.2, -0.15) is 0 Å². The molecule has 0 aliphatic heterocycles. The SMILES string of the molecule is CCOCCN(CC(N)CC)[Si](C)(C)C. The molecule has 0 saturated heterocycles. The first kappa shape index (κ1) is 15.1. The molecule has 0 aromatic rings. The van der Waals surface area contributed by atoms with Gasteiger partial charge in [-0.1, -0.05) is 26.6 Å². The number of hydrogen-bond donors (Lipinski definition) is 1. The Labute approximate surface area is 96.1 Å². The Morgan fingerprint density at radius 2 is 1.87 bits per heavy atom. The third-order valence-corrected chi connectivity index (χ3v) is 4.94. The lowest BCUT2D eigenvalue weighted by Gasteiger charge is -2.35. The van der Waals surface area contributed by atoms with Crippen LogP contribution in [0.15, 0.2) is 0 Å². The van der Waals surface area contributed by atoms with Crippen LogP contribution in [-0.4, -0.2) is 45.1 Å². The monoisotopic (exact) mass is 232 g/mol. The maximum atomic E-state index is 6.01. The standard InChI is InChI=1S/C11H28N2OSi/c1-6-11(12)10-13(15(3,4)5)8-9-14-7-2/h11H,6-10,12H2,1-5H3. The van der Waals surface area contributed by atoms with E-state index in [2.05, 4.69) is 31.1 Å². The number of ether oxygens (including phenoxy) is 1. The highest BCUT2D eigenvalue weighted by Gasteiger charge is 2.24. The summed E-state index contributed by atoms with van der Waals surface area (Å²) in [5, 5.41) is 0. The van der Waals surface area contributed by atoms with E-state index in [9.17, 15) is 0 Å². The third kappa shape index (κ3) is 7.06. The summed E-state index contributed by atoms with van der Waals surface area (Å²) in [5.41, 5.74) is 6.01. The average Bonchev–Trinajstić information content (AvgIpc) is 2.14. The van der Waals surface area contributed by atoms with Gasteiger partial charge in [-0.25, -0.2) is 0 Å². The van der Waals surface area contributed by atoms with Crippen molar-refractivity contribution in [2.24, 2.45) is 5.73 Å². The predicted octanol–water partition coefficient (Wildman–Crippen LogP) is 1.90. The molecular formula is C11H28N2OSi. The van der Waals surface area contributed by atoms with Crippen LogP contribution in [0.4, 0.5) is 0 Å². The van der Waals surface area contributed by atoms with Crippen LogP contribution in [-0.2, 0) is 4.74 Å². The minimum atomic E-state index is -1.24. The number of nitrogens with two attached hydrogens (primary N) is 1. The molecule has 0 heterocycles. The van der Waals surface area contributed by atoms with Gasteiger partial charge in [0.1, 0.15) is 8.24 Å². The molecule has 0 aromatic carbocycles. The first-order valence-electron chi connectivity index (χ1n) is 6.00. The van der Waals surface area contributed by atoms with Gasteiger partial charge in [0.15, 0.2) is 0 Å². The molecule has 0 aliphatic carbocycles. The molecule has 92 valence electrons. The Morgan fingerprint density at radius 3 is 2.27 bits per heavy atom. The van der Waals surface area contributed by atoms with Crippen molar-refractivity contribution in [1.82, 2.24) is 4.57 Å². The zero-order chi connectivity index (χ0) is 11.9. The maximum absolute atomic E-state index is 6.01. The second-order valence-electron chi connectivity index (χ2n) is 4.98. The zero-order valence-corrected chi connectivity index (χ0v) is 12.0. The van der Waals surface area contributed by atoms with Crippen molar-refractivity contribution in [3.05, 3.63) is 0 Å². The molecule has 1 unspecified atom stereocenters. The normalized spacial score (nSPS) is 14.6. The molecule has 3 nitrogen and oxygen atoms in total. The smallest absolute Gasteiger partial charge is 0.119 e. The molecule has 1 atom stereocenters. The van der Waals surface area contributed by atoms with E-state index in [1.165, 1.54) is 0 Å². The van der Waals surface area contributed by atoms with E-state index < -0.39 is 8.24 Å². The molecular weight excluding hydrogens is 204 g/mol. The van der Waals surface area contributed by atoms with Gasteiger partial charge in [-0.05, 0) is 13.3 Å². The highest BCUT2D eigenvalue weighted by atomic mass is 28.3. The minimum absolute atomic E-state index is 0.304. The first-order valence-corrected chi connectivity index (χ1v) is 9.44. The second-order valence-corrected chi connectivity index (χ2v) is 9.96. The molecule has 0 rings (SSSR count). The molecule has 0 fully saturated rings. The Balaban J connectivity index is 4.08.